The van der Waals surface area contributed by atoms with E-state index in [9.17, 15) is 4.79 Å². The summed E-state index contributed by atoms with van der Waals surface area (Å²) >= 11 is 3.62. The van der Waals surface area contributed by atoms with Gasteiger partial charge in [-0.3, -0.25) is 0 Å². The summed E-state index contributed by atoms with van der Waals surface area (Å²) in [5.41, 5.74) is 0.872. The molecule has 6 nitrogen and oxygen atoms in total. The van der Waals surface area contributed by atoms with E-state index in [-0.39, 0.29) is 5.97 Å². The summed E-state index contributed by atoms with van der Waals surface area (Å²) in [6.45, 7) is 3.10. The van der Waals surface area contributed by atoms with Crippen LogP contribution in [0.25, 0.3) is 11.0 Å². The van der Waals surface area contributed by atoms with E-state index in [0.29, 0.717) is 25.2 Å². The molecule has 1 aromatic carbocycles. The Bertz CT molecular complexity index is 810. The molecule has 4 rings (SSSR count). The Kier molecular flexibility index (Phi) is 4.90. The Morgan fingerprint density at radius 1 is 1.31 bits per heavy atom. The molecule has 1 aromatic heterocycles. The number of esters is 1. The number of aromatic nitrogens is 3. The molecule has 26 heavy (non-hydrogen) atoms. The number of halogens is 1. The summed E-state index contributed by atoms with van der Waals surface area (Å²) in [7, 11) is 0. The number of fused-ring (bicyclic) bond motifs is 1. The maximum atomic E-state index is 12.6. The molecular formula is C19H24BrN3O3. The Labute approximate surface area is 161 Å². The lowest BCUT2D eigenvalue weighted by Gasteiger charge is -2.35. The van der Waals surface area contributed by atoms with Gasteiger partial charge in [-0.05, 0) is 79.4 Å². The zero-order valence-electron chi connectivity index (χ0n) is 15.0. The van der Waals surface area contributed by atoms with Gasteiger partial charge in [0.2, 0.25) is 5.60 Å². The highest BCUT2D eigenvalue weighted by atomic mass is 79.9. The van der Waals surface area contributed by atoms with E-state index in [4.69, 9.17) is 9.47 Å². The number of carbonyl (C=O) groups excluding carboxylic acids is 1. The first kappa shape index (κ1) is 17.8. The highest BCUT2D eigenvalue weighted by Gasteiger charge is 2.44. The summed E-state index contributed by atoms with van der Waals surface area (Å²) < 4.78 is 14.3. The van der Waals surface area contributed by atoms with Crippen LogP contribution in [0.15, 0.2) is 16.6 Å². The summed E-state index contributed by atoms with van der Waals surface area (Å²) in [5, 5.41) is 8.62. The molecule has 0 bridgehead atoms. The van der Waals surface area contributed by atoms with E-state index in [0.717, 1.165) is 47.2 Å². The van der Waals surface area contributed by atoms with E-state index in [1.54, 1.807) is 0 Å². The molecule has 2 aromatic rings. The molecule has 2 aliphatic rings. The number of hydrogen-bond acceptors (Lipinski definition) is 5. The monoisotopic (exact) mass is 421 g/mol. The molecule has 2 fully saturated rings. The highest BCUT2D eigenvalue weighted by Crippen LogP contribution is 2.40. The van der Waals surface area contributed by atoms with Crippen molar-refractivity contribution in [3.8, 4) is 5.75 Å². The van der Waals surface area contributed by atoms with Crippen molar-refractivity contribution < 1.29 is 14.3 Å². The number of benzene rings is 1. The van der Waals surface area contributed by atoms with E-state index < -0.39 is 5.60 Å². The first-order valence-electron chi connectivity index (χ1n) is 9.51. The van der Waals surface area contributed by atoms with Crippen LogP contribution in [-0.4, -0.2) is 33.2 Å². The van der Waals surface area contributed by atoms with Gasteiger partial charge >= 0.3 is 5.97 Å². The largest absolute Gasteiger partial charge is 0.474 e. The molecule has 2 aliphatic carbocycles. The summed E-state index contributed by atoms with van der Waals surface area (Å²) in [6, 6.07) is 3.90. The average Bonchev–Trinajstić information content (AvgIpc) is 3.37. The zero-order valence-corrected chi connectivity index (χ0v) is 16.6. The van der Waals surface area contributed by atoms with Gasteiger partial charge in [0, 0.05) is 6.54 Å². The normalized spacial score (nSPS) is 19.5. The van der Waals surface area contributed by atoms with Crippen LogP contribution in [0.4, 0.5) is 0 Å². The van der Waals surface area contributed by atoms with Gasteiger partial charge in [0.1, 0.15) is 11.3 Å². The molecular weight excluding hydrogens is 398 g/mol. The van der Waals surface area contributed by atoms with Crippen LogP contribution >= 0.6 is 15.9 Å². The molecule has 0 atom stereocenters. The Morgan fingerprint density at radius 2 is 2.08 bits per heavy atom. The maximum absolute atomic E-state index is 12.6. The predicted molar refractivity (Wildman–Crippen MR) is 101 cm³/mol. The quantitative estimate of drug-likeness (QED) is 0.652. The zero-order chi connectivity index (χ0) is 18.1. The third kappa shape index (κ3) is 3.33. The van der Waals surface area contributed by atoms with Crippen molar-refractivity contribution in [2.45, 2.75) is 64.0 Å². The summed E-state index contributed by atoms with van der Waals surface area (Å²) in [5.74, 6) is 1.10. The average molecular weight is 422 g/mol. The first-order chi connectivity index (χ1) is 12.6. The van der Waals surface area contributed by atoms with E-state index in [1.165, 1.54) is 12.8 Å². The van der Waals surface area contributed by atoms with Crippen LogP contribution in [0, 0.1) is 5.92 Å². The number of hydrogen-bond donors (Lipinski definition) is 0. The van der Waals surface area contributed by atoms with Crippen LogP contribution in [0.3, 0.4) is 0 Å². The van der Waals surface area contributed by atoms with Crippen LogP contribution < -0.4 is 4.74 Å². The molecule has 140 valence electrons. The lowest BCUT2D eigenvalue weighted by atomic mass is 9.84. The molecule has 0 unspecified atom stereocenters. The smallest absolute Gasteiger partial charge is 0.350 e. The topological polar surface area (TPSA) is 66.2 Å². The van der Waals surface area contributed by atoms with Crippen molar-refractivity contribution in [2.24, 2.45) is 5.92 Å². The summed E-state index contributed by atoms with van der Waals surface area (Å²) in [6.07, 6.45) is 6.97. The number of carbonyl (C=O) groups is 1. The van der Waals surface area contributed by atoms with Crippen molar-refractivity contribution in [3.05, 3.63) is 16.6 Å². The van der Waals surface area contributed by atoms with E-state index in [2.05, 4.69) is 26.2 Å². The molecule has 0 radical (unpaired) electrons. The van der Waals surface area contributed by atoms with Crippen molar-refractivity contribution >= 4 is 32.9 Å². The SMILES string of the molecule is CCOC(=O)C1(Oc2ccc3c(nnn3CC3CC3)c2Br)CCCCC1. The van der Waals surface area contributed by atoms with Crippen molar-refractivity contribution in [1.29, 1.82) is 0 Å². The third-order valence-corrected chi connectivity index (χ3v) is 6.10. The minimum absolute atomic E-state index is 0.260. The lowest BCUT2D eigenvalue weighted by Crippen LogP contribution is -2.47. The van der Waals surface area contributed by atoms with Crippen LogP contribution in [0.1, 0.15) is 51.9 Å². The maximum Gasteiger partial charge on any atom is 0.350 e. The van der Waals surface area contributed by atoms with Crippen LogP contribution in [0.2, 0.25) is 0 Å². The molecule has 0 N–H and O–H groups in total. The lowest BCUT2D eigenvalue weighted by molar-refractivity contribution is -0.164. The van der Waals surface area contributed by atoms with Gasteiger partial charge < -0.3 is 9.47 Å². The fraction of sp³-hybridized carbons (Fsp3) is 0.632. The first-order valence-corrected chi connectivity index (χ1v) is 10.3. The molecule has 0 aliphatic heterocycles. The standard InChI is InChI=1S/C19H24BrN3O3/c1-2-25-18(24)19(10-4-3-5-11-19)26-15-9-8-14-17(16(15)20)21-22-23(14)12-13-6-7-13/h8-9,13H,2-7,10-12H2,1H3. The molecule has 7 heteroatoms. The van der Waals surface area contributed by atoms with Gasteiger partial charge in [0.05, 0.1) is 16.6 Å². The van der Waals surface area contributed by atoms with E-state index >= 15 is 0 Å². The molecule has 0 saturated heterocycles. The highest BCUT2D eigenvalue weighted by molar-refractivity contribution is 9.10. The molecule has 1 heterocycles. The van der Waals surface area contributed by atoms with Crippen molar-refractivity contribution in [1.82, 2.24) is 15.0 Å². The van der Waals surface area contributed by atoms with Crippen molar-refractivity contribution in [2.75, 3.05) is 6.61 Å². The predicted octanol–water partition coefficient (Wildman–Crippen LogP) is 4.25. The fourth-order valence-electron chi connectivity index (χ4n) is 3.69. The van der Waals surface area contributed by atoms with Gasteiger partial charge in [0.15, 0.2) is 0 Å². The fourth-order valence-corrected chi connectivity index (χ4v) is 4.18. The Hall–Kier alpha value is -1.63. The number of nitrogens with zero attached hydrogens (tertiary/aromatic N) is 3. The molecule has 2 saturated carbocycles. The third-order valence-electron chi connectivity index (χ3n) is 5.33. The summed E-state index contributed by atoms with van der Waals surface area (Å²) in [4.78, 5) is 12.6. The second-order valence-corrected chi connectivity index (χ2v) is 8.13. The van der Waals surface area contributed by atoms with Crippen LogP contribution in [0.5, 0.6) is 5.75 Å². The number of rotatable bonds is 6. The minimum atomic E-state index is -0.894. The van der Waals surface area contributed by atoms with Gasteiger partial charge in [-0.1, -0.05) is 11.6 Å². The molecule has 0 spiro atoms. The van der Waals surface area contributed by atoms with E-state index in [1.807, 2.05) is 23.7 Å². The van der Waals surface area contributed by atoms with Gasteiger partial charge in [0.25, 0.3) is 0 Å². The van der Waals surface area contributed by atoms with Gasteiger partial charge in [-0.25, -0.2) is 9.48 Å². The Morgan fingerprint density at radius 3 is 2.77 bits per heavy atom. The number of ether oxygens (including phenoxy) is 2. The Balaban J connectivity index is 1.64. The second kappa shape index (κ2) is 7.18. The second-order valence-electron chi connectivity index (χ2n) is 7.34. The van der Waals surface area contributed by atoms with Gasteiger partial charge in [-0.2, -0.15) is 0 Å². The molecule has 0 amide bonds. The van der Waals surface area contributed by atoms with Gasteiger partial charge in [-0.15, -0.1) is 5.10 Å². The minimum Gasteiger partial charge on any atom is -0.474 e. The van der Waals surface area contributed by atoms with Crippen molar-refractivity contribution in [3.63, 3.8) is 0 Å². The van der Waals surface area contributed by atoms with Crippen LogP contribution in [-0.2, 0) is 16.1 Å².